The third-order valence-corrected chi connectivity index (χ3v) is 3.22. The molecule has 1 saturated heterocycles. The Hall–Kier alpha value is -1.79. The number of carbonyl (C=O) groups excluding carboxylic acids is 1. The summed E-state index contributed by atoms with van der Waals surface area (Å²) in [6, 6.07) is 5.16. The Balaban J connectivity index is 2.00. The SMILES string of the molecule is COc1ccc(OC)c(C(=O)NCN2CCOCC2)c1. The summed E-state index contributed by atoms with van der Waals surface area (Å²) in [7, 11) is 3.11. The zero-order valence-corrected chi connectivity index (χ0v) is 11.8. The molecule has 0 saturated carbocycles. The molecule has 1 aliphatic heterocycles. The highest BCUT2D eigenvalue weighted by molar-refractivity contribution is 5.97. The average molecular weight is 280 g/mol. The van der Waals surface area contributed by atoms with E-state index in [-0.39, 0.29) is 5.91 Å². The number of benzene rings is 1. The van der Waals surface area contributed by atoms with Crippen LogP contribution >= 0.6 is 0 Å². The molecule has 0 aromatic heterocycles. The molecule has 1 amide bonds. The maximum atomic E-state index is 12.2. The van der Waals surface area contributed by atoms with Crippen molar-refractivity contribution < 1.29 is 19.0 Å². The predicted octanol–water partition coefficient (Wildman–Crippen LogP) is 0.723. The van der Waals surface area contributed by atoms with E-state index in [1.165, 1.54) is 0 Å². The molecule has 6 heteroatoms. The van der Waals surface area contributed by atoms with Gasteiger partial charge in [0.15, 0.2) is 0 Å². The first-order chi connectivity index (χ1) is 9.74. The maximum Gasteiger partial charge on any atom is 0.256 e. The van der Waals surface area contributed by atoms with E-state index < -0.39 is 0 Å². The number of amides is 1. The van der Waals surface area contributed by atoms with Crippen LogP contribution in [0.2, 0.25) is 0 Å². The van der Waals surface area contributed by atoms with E-state index in [4.69, 9.17) is 14.2 Å². The van der Waals surface area contributed by atoms with Gasteiger partial charge in [0.05, 0.1) is 39.7 Å². The third-order valence-electron chi connectivity index (χ3n) is 3.22. The molecule has 2 rings (SSSR count). The summed E-state index contributed by atoms with van der Waals surface area (Å²) in [6.45, 7) is 3.57. The van der Waals surface area contributed by atoms with Crippen LogP contribution in [0.25, 0.3) is 0 Å². The molecule has 0 bridgehead atoms. The van der Waals surface area contributed by atoms with Crippen LogP contribution in [0.3, 0.4) is 0 Å². The fraction of sp³-hybridized carbons (Fsp3) is 0.500. The Kier molecular flexibility index (Phi) is 5.20. The summed E-state index contributed by atoms with van der Waals surface area (Å²) in [5.74, 6) is 0.986. The zero-order chi connectivity index (χ0) is 14.4. The largest absolute Gasteiger partial charge is 0.497 e. The molecule has 1 aromatic carbocycles. The third kappa shape index (κ3) is 3.61. The van der Waals surface area contributed by atoms with Crippen LogP contribution in [0.15, 0.2) is 18.2 Å². The fourth-order valence-corrected chi connectivity index (χ4v) is 2.03. The van der Waals surface area contributed by atoms with E-state index >= 15 is 0 Å². The van der Waals surface area contributed by atoms with E-state index in [1.54, 1.807) is 32.4 Å². The molecule has 1 heterocycles. The Morgan fingerprint density at radius 2 is 2.05 bits per heavy atom. The minimum atomic E-state index is -0.174. The van der Waals surface area contributed by atoms with Crippen molar-refractivity contribution in [2.24, 2.45) is 0 Å². The molecule has 0 spiro atoms. The fourth-order valence-electron chi connectivity index (χ4n) is 2.03. The smallest absolute Gasteiger partial charge is 0.256 e. The van der Waals surface area contributed by atoms with Gasteiger partial charge in [-0.3, -0.25) is 9.69 Å². The highest BCUT2D eigenvalue weighted by atomic mass is 16.5. The summed E-state index contributed by atoms with van der Waals surface area (Å²) in [6.07, 6.45) is 0. The number of morpholine rings is 1. The number of carbonyl (C=O) groups is 1. The minimum Gasteiger partial charge on any atom is -0.497 e. The summed E-state index contributed by atoms with van der Waals surface area (Å²) < 4.78 is 15.6. The molecule has 1 aromatic rings. The van der Waals surface area contributed by atoms with Crippen molar-refractivity contribution in [1.29, 1.82) is 0 Å². The second-order valence-electron chi connectivity index (χ2n) is 4.46. The number of ether oxygens (including phenoxy) is 3. The predicted molar refractivity (Wildman–Crippen MR) is 74.3 cm³/mol. The topological polar surface area (TPSA) is 60.0 Å². The minimum absolute atomic E-state index is 0.174. The van der Waals surface area contributed by atoms with Crippen LogP contribution in [0.5, 0.6) is 11.5 Å². The second kappa shape index (κ2) is 7.12. The average Bonchev–Trinajstić information content (AvgIpc) is 2.52. The van der Waals surface area contributed by atoms with E-state index in [9.17, 15) is 4.79 Å². The van der Waals surface area contributed by atoms with Crippen LogP contribution < -0.4 is 14.8 Å². The van der Waals surface area contributed by atoms with Crippen LogP contribution in [-0.4, -0.2) is 58.0 Å². The van der Waals surface area contributed by atoms with E-state index in [1.807, 2.05) is 0 Å². The number of methoxy groups -OCH3 is 2. The van der Waals surface area contributed by atoms with Crippen molar-refractivity contribution in [3.8, 4) is 11.5 Å². The van der Waals surface area contributed by atoms with Gasteiger partial charge in [0.25, 0.3) is 5.91 Å². The number of nitrogens with one attached hydrogen (secondary N) is 1. The van der Waals surface area contributed by atoms with Crippen molar-refractivity contribution >= 4 is 5.91 Å². The van der Waals surface area contributed by atoms with E-state index in [0.29, 0.717) is 36.9 Å². The summed E-state index contributed by atoms with van der Waals surface area (Å²) >= 11 is 0. The molecule has 0 aliphatic carbocycles. The van der Waals surface area contributed by atoms with Gasteiger partial charge in [0.1, 0.15) is 11.5 Å². The lowest BCUT2D eigenvalue weighted by atomic mass is 10.1. The Labute approximate surface area is 118 Å². The monoisotopic (exact) mass is 280 g/mol. The lowest BCUT2D eigenvalue weighted by Crippen LogP contribution is -2.43. The molecule has 0 atom stereocenters. The quantitative estimate of drug-likeness (QED) is 0.861. The second-order valence-corrected chi connectivity index (χ2v) is 4.46. The van der Waals surface area contributed by atoms with Crippen LogP contribution in [0.1, 0.15) is 10.4 Å². The van der Waals surface area contributed by atoms with Gasteiger partial charge in [-0.25, -0.2) is 0 Å². The number of hydrogen-bond donors (Lipinski definition) is 1. The van der Waals surface area contributed by atoms with Gasteiger partial charge in [-0.1, -0.05) is 0 Å². The van der Waals surface area contributed by atoms with Gasteiger partial charge < -0.3 is 19.5 Å². The number of rotatable bonds is 5. The molecule has 1 N–H and O–H groups in total. The molecule has 1 aliphatic rings. The van der Waals surface area contributed by atoms with E-state index in [2.05, 4.69) is 10.2 Å². The molecule has 0 unspecified atom stereocenters. The van der Waals surface area contributed by atoms with Crippen molar-refractivity contribution in [2.45, 2.75) is 0 Å². The van der Waals surface area contributed by atoms with Gasteiger partial charge in [-0.2, -0.15) is 0 Å². The summed E-state index contributed by atoms with van der Waals surface area (Å²) in [5, 5.41) is 2.89. The van der Waals surface area contributed by atoms with Gasteiger partial charge in [0, 0.05) is 13.1 Å². The molecule has 0 radical (unpaired) electrons. The summed E-state index contributed by atoms with van der Waals surface area (Å²) in [4.78, 5) is 14.4. The van der Waals surface area contributed by atoms with Gasteiger partial charge >= 0.3 is 0 Å². The Bertz CT molecular complexity index is 458. The van der Waals surface area contributed by atoms with Crippen molar-refractivity contribution in [3.05, 3.63) is 23.8 Å². The number of hydrogen-bond acceptors (Lipinski definition) is 5. The lowest BCUT2D eigenvalue weighted by molar-refractivity contribution is 0.0334. The highest BCUT2D eigenvalue weighted by Crippen LogP contribution is 2.23. The van der Waals surface area contributed by atoms with Crippen LogP contribution in [0.4, 0.5) is 0 Å². The van der Waals surface area contributed by atoms with Gasteiger partial charge in [-0.05, 0) is 18.2 Å². The van der Waals surface area contributed by atoms with Crippen molar-refractivity contribution in [1.82, 2.24) is 10.2 Å². The van der Waals surface area contributed by atoms with Crippen LogP contribution in [-0.2, 0) is 4.74 Å². The van der Waals surface area contributed by atoms with Gasteiger partial charge in [-0.15, -0.1) is 0 Å². The molecule has 1 fully saturated rings. The number of nitrogens with zero attached hydrogens (tertiary/aromatic N) is 1. The molecule has 110 valence electrons. The molecular formula is C14H20N2O4. The standard InChI is InChI=1S/C14H20N2O4/c1-18-11-3-4-13(19-2)12(9-11)14(17)15-10-16-5-7-20-8-6-16/h3-4,9H,5-8,10H2,1-2H3,(H,15,17). The first-order valence-electron chi connectivity index (χ1n) is 6.55. The summed E-state index contributed by atoms with van der Waals surface area (Å²) in [5.41, 5.74) is 0.472. The Morgan fingerprint density at radius 3 is 2.70 bits per heavy atom. The van der Waals surface area contributed by atoms with Gasteiger partial charge in [0.2, 0.25) is 0 Å². The molecular weight excluding hydrogens is 260 g/mol. The maximum absolute atomic E-state index is 12.2. The zero-order valence-electron chi connectivity index (χ0n) is 11.8. The van der Waals surface area contributed by atoms with Crippen LogP contribution in [0, 0.1) is 0 Å². The lowest BCUT2D eigenvalue weighted by Gasteiger charge is -2.26. The molecule has 6 nitrogen and oxygen atoms in total. The first kappa shape index (κ1) is 14.6. The first-order valence-corrected chi connectivity index (χ1v) is 6.55. The Morgan fingerprint density at radius 1 is 1.30 bits per heavy atom. The normalized spacial score (nSPS) is 15.7. The highest BCUT2D eigenvalue weighted by Gasteiger charge is 2.15. The van der Waals surface area contributed by atoms with E-state index in [0.717, 1.165) is 13.1 Å². The molecule has 20 heavy (non-hydrogen) atoms. The van der Waals surface area contributed by atoms with Crippen molar-refractivity contribution in [3.63, 3.8) is 0 Å². The van der Waals surface area contributed by atoms with Crippen molar-refractivity contribution in [2.75, 3.05) is 47.2 Å².